The minimum atomic E-state index is 0.860. The second kappa shape index (κ2) is 11.0. The van der Waals surface area contributed by atoms with E-state index in [9.17, 15) is 0 Å². The maximum absolute atomic E-state index is 6.46. The highest BCUT2D eigenvalue weighted by atomic mass is 16.3. The molecule has 0 aliphatic rings. The Labute approximate surface area is 282 Å². The molecule has 3 nitrogen and oxygen atoms in total. The minimum Gasteiger partial charge on any atom is -0.456 e. The Balaban J connectivity index is 1.17. The first-order valence-electron chi connectivity index (χ1n) is 16.6. The van der Waals surface area contributed by atoms with E-state index in [1.165, 1.54) is 21.9 Å². The third kappa shape index (κ3) is 4.44. The van der Waals surface area contributed by atoms with Crippen LogP contribution >= 0.6 is 0 Å². The largest absolute Gasteiger partial charge is 0.456 e. The number of benzene rings is 8. The van der Waals surface area contributed by atoms with E-state index in [1.54, 1.807) is 0 Å². The SMILES string of the molecule is c1cc(-c2cccc3c2oc2ccccc23)cc(N(c2ccc(-c3cccc4ccccc34)cc2)c2cccc3oc4ccccc4c23)c1. The molecule has 0 bridgehead atoms. The average Bonchev–Trinajstić information content (AvgIpc) is 3.74. The zero-order valence-corrected chi connectivity index (χ0v) is 26.5. The van der Waals surface area contributed by atoms with Gasteiger partial charge >= 0.3 is 0 Å². The number of rotatable bonds is 5. The third-order valence-corrected chi connectivity index (χ3v) is 9.67. The number of para-hydroxylation sites is 3. The van der Waals surface area contributed by atoms with Crippen LogP contribution < -0.4 is 4.90 Å². The lowest BCUT2D eigenvalue weighted by Gasteiger charge is -2.27. The fourth-order valence-corrected chi connectivity index (χ4v) is 7.42. The number of furan rings is 2. The van der Waals surface area contributed by atoms with E-state index in [4.69, 9.17) is 8.83 Å². The Morgan fingerprint density at radius 1 is 0.367 bits per heavy atom. The van der Waals surface area contributed by atoms with Gasteiger partial charge in [0.05, 0.1) is 11.1 Å². The monoisotopic (exact) mass is 627 g/mol. The molecule has 8 aromatic carbocycles. The van der Waals surface area contributed by atoms with Gasteiger partial charge in [0.1, 0.15) is 22.3 Å². The van der Waals surface area contributed by atoms with Crippen molar-refractivity contribution in [3.8, 4) is 22.3 Å². The predicted molar refractivity (Wildman–Crippen MR) is 204 cm³/mol. The van der Waals surface area contributed by atoms with Crippen LogP contribution in [0, 0.1) is 0 Å². The normalized spacial score (nSPS) is 11.7. The average molecular weight is 628 g/mol. The van der Waals surface area contributed by atoms with E-state index in [-0.39, 0.29) is 0 Å². The summed E-state index contributed by atoms with van der Waals surface area (Å²) < 4.78 is 12.8. The van der Waals surface area contributed by atoms with Gasteiger partial charge in [-0.15, -0.1) is 0 Å². The fraction of sp³-hybridized carbons (Fsp3) is 0. The number of anilines is 3. The Bertz CT molecular complexity index is 2830. The van der Waals surface area contributed by atoms with Crippen molar-refractivity contribution in [2.24, 2.45) is 0 Å². The van der Waals surface area contributed by atoms with Gasteiger partial charge in [-0.2, -0.15) is 0 Å². The van der Waals surface area contributed by atoms with Gasteiger partial charge in [-0.05, 0) is 76.0 Å². The van der Waals surface area contributed by atoms with Crippen LogP contribution in [-0.4, -0.2) is 0 Å². The third-order valence-electron chi connectivity index (χ3n) is 9.67. The van der Waals surface area contributed by atoms with Gasteiger partial charge in [-0.3, -0.25) is 0 Å². The van der Waals surface area contributed by atoms with E-state index in [0.717, 1.165) is 72.1 Å². The molecule has 0 saturated carbocycles. The topological polar surface area (TPSA) is 29.5 Å². The van der Waals surface area contributed by atoms with Crippen molar-refractivity contribution in [1.29, 1.82) is 0 Å². The number of hydrogen-bond acceptors (Lipinski definition) is 3. The zero-order valence-electron chi connectivity index (χ0n) is 26.5. The second-order valence-electron chi connectivity index (χ2n) is 12.5. The van der Waals surface area contributed by atoms with Crippen molar-refractivity contribution in [2.75, 3.05) is 4.90 Å². The molecule has 2 aromatic heterocycles. The Kier molecular flexibility index (Phi) is 6.18. The van der Waals surface area contributed by atoms with Crippen molar-refractivity contribution < 1.29 is 8.83 Å². The Morgan fingerprint density at radius 3 is 1.88 bits per heavy atom. The van der Waals surface area contributed by atoms with Gasteiger partial charge in [0.25, 0.3) is 0 Å². The molecule has 0 aliphatic carbocycles. The maximum atomic E-state index is 6.46. The van der Waals surface area contributed by atoms with E-state index in [0.29, 0.717) is 0 Å². The van der Waals surface area contributed by atoms with Crippen LogP contribution in [0.5, 0.6) is 0 Å². The predicted octanol–water partition coefficient (Wildman–Crippen LogP) is 13.4. The van der Waals surface area contributed by atoms with Crippen LogP contribution in [0.15, 0.2) is 185 Å². The van der Waals surface area contributed by atoms with Crippen molar-refractivity contribution in [3.05, 3.63) is 176 Å². The lowest BCUT2D eigenvalue weighted by Crippen LogP contribution is -2.10. The molecule has 0 fully saturated rings. The molecule has 49 heavy (non-hydrogen) atoms. The highest BCUT2D eigenvalue weighted by Gasteiger charge is 2.21. The molecule has 0 amide bonds. The quantitative estimate of drug-likeness (QED) is 0.190. The van der Waals surface area contributed by atoms with Crippen LogP contribution in [0.25, 0.3) is 76.9 Å². The first kappa shape index (κ1) is 27.5. The first-order valence-corrected chi connectivity index (χ1v) is 16.6. The Hall–Kier alpha value is -6.58. The van der Waals surface area contributed by atoms with Gasteiger partial charge in [-0.25, -0.2) is 0 Å². The zero-order chi connectivity index (χ0) is 32.3. The van der Waals surface area contributed by atoms with Crippen LogP contribution in [0.2, 0.25) is 0 Å². The highest BCUT2D eigenvalue weighted by Crippen LogP contribution is 2.45. The van der Waals surface area contributed by atoms with Gasteiger partial charge in [0.2, 0.25) is 0 Å². The molecule has 0 saturated heterocycles. The molecule has 230 valence electrons. The molecule has 0 N–H and O–H groups in total. The molecule has 0 atom stereocenters. The molecule has 3 heteroatoms. The highest BCUT2D eigenvalue weighted by molar-refractivity contribution is 6.14. The van der Waals surface area contributed by atoms with Gasteiger partial charge < -0.3 is 13.7 Å². The summed E-state index contributed by atoms with van der Waals surface area (Å²) in [5.74, 6) is 0. The maximum Gasteiger partial charge on any atom is 0.143 e. The van der Waals surface area contributed by atoms with Crippen molar-refractivity contribution in [1.82, 2.24) is 0 Å². The van der Waals surface area contributed by atoms with E-state index < -0.39 is 0 Å². The summed E-state index contributed by atoms with van der Waals surface area (Å²) in [7, 11) is 0. The van der Waals surface area contributed by atoms with Gasteiger partial charge in [-0.1, -0.05) is 127 Å². The summed E-state index contributed by atoms with van der Waals surface area (Å²) in [5.41, 5.74) is 11.2. The summed E-state index contributed by atoms with van der Waals surface area (Å²) in [6.07, 6.45) is 0. The number of fused-ring (bicyclic) bond motifs is 7. The van der Waals surface area contributed by atoms with E-state index in [1.807, 2.05) is 24.3 Å². The molecule has 0 spiro atoms. The Morgan fingerprint density at radius 2 is 1.00 bits per heavy atom. The van der Waals surface area contributed by atoms with E-state index in [2.05, 4.69) is 157 Å². The van der Waals surface area contributed by atoms with Crippen LogP contribution in [0.3, 0.4) is 0 Å². The second-order valence-corrected chi connectivity index (χ2v) is 12.5. The molecule has 0 unspecified atom stereocenters. The molecule has 0 radical (unpaired) electrons. The number of hydrogen-bond donors (Lipinski definition) is 0. The molecule has 0 aliphatic heterocycles. The summed E-state index contributed by atoms with van der Waals surface area (Å²) in [6, 6.07) is 62.0. The summed E-state index contributed by atoms with van der Waals surface area (Å²) in [4.78, 5) is 2.35. The molecule has 10 rings (SSSR count). The smallest absolute Gasteiger partial charge is 0.143 e. The molecule has 2 heterocycles. The van der Waals surface area contributed by atoms with Gasteiger partial charge in [0.15, 0.2) is 0 Å². The van der Waals surface area contributed by atoms with Crippen LogP contribution in [-0.2, 0) is 0 Å². The summed E-state index contributed by atoms with van der Waals surface area (Å²) >= 11 is 0. The summed E-state index contributed by atoms with van der Waals surface area (Å²) in [5, 5.41) is 6.91. The standard InChI is InChI=1S/C46H29NO2/c1-2-15-35-30(11-1)12-8-18-36(35)31-25-27-33(28-26-31)47(41-21-10-24-44-45(41)40-17-4-6-23-43(40)48-44)34-14-7-13-32(29-34)37-19-9-20-39-38-16-3-5-22-42(38)49-46(37)39/h1-29H. The van der Waals surface area contributed by atoms with Gasteiger partial charge in [0, 0.05) is 33.1 Å². The fourth-order valence-electron chi connectivity index (χ4n) is 7.42. The summed E-state index contributed by atoms with van der Waals surface area (Å²) in [6.45, 7) is 0. The lowest BCUT2D eigenvalue weighted by molar-refractivity contribution is 0.669. The molecule has 10 aromatic rings. The van der Waals surface area contributed by atoms with Crippen molar-refractivity contribution >= 4 is 71.7 Å². The van der Waals surface area contributed by atoms with E-state index >= 15 is 0 Å². The number of nitrogens with zero attached hydrogens (tertiary/aromatic N) is 1. The lowest BCUT2D eigenvalue weighted by atomic mass is 9.97. The minimum absolute atomic E-state index is 0.860. The molecular formula is C46H29NO2. The van der Waals surface area contributed by atoms with Crippen LogP contribution in [0.1, 0.15) is 0 Å². The molecular weight excluding hydrogens is 599 g/mol. The van der Waals surface area contributed by atoms with Crippen molar-refractivity contribution in [2.45, 2.75) is 0 Å². The first-order chi connectivity index (χ1) is 24.3. The van der Waals surface area contributed by atoms with Crippen molar-refractivity contribution in [3.63, 3.8) is 0 Å². The van der Waals surface area contributed by atoms with Crippen LogP contribution in [0.4, 0.5) is 17.1 Å².